The summed E-state index contributed by atoms with van der Waals surface area (Å²) in [6, 6.07) is 17.8. The van der Waals surface area contributed by atoms with Crippen LogP contribution in [0.15, 0.2) is 54.6 Å². The summed E-state index contributed by atoms with van der Waals surface area (Å²) in [7, 11) is 2.98. The molecule has 4 atom stereocenters. The predicted octanol–water partition coefficient (Wildman–Crippen LogP) is 8.77. The van der Waals surface area contributed by atoms with E-state index in [1.54, 1.807) is 12.0 Å². The third-order valence-electron chi connectivity index (χ3n) is 11.7. The molecule has 0 spiro atoms. The minimum absolute atomic E-state index is 0.126. The lowest BCUT2D eigenvalue weighted by atomic mass is 9.95. The fraction of sp³-hybridized carbons (Fsp3) is 0.426. The molecule has 312 valence electrons. The lowest BCUT2D eigenvalue weighted by Crippen LogP contribution is -2.51. The number of aromatic nitrogens is 4. The fourth-order valence-corrected chi connectivity index (χ4v) is 8.90. The number of nitrogens with one attached hydrogen (secondary N) is 3. The smallest absolute Gasteiger partial charge is 0.410 e. The van der Waals surface area contributed by atoms with Crippen LogP contribution in [0.1, 0.15) is 90.1 Å². The molecule has 3 amide bonds. The zero-order valence-corrected chi connectivity index (χ0v) is 35.6. The van der Waals surface area contributed by atoms with Gasteiger partial charge in [0.25, 0.3) is 0 Å². The highest BCUT2D eigenvalue weighted by Gasteiger charge is 2.41. The molecule has 0 radical (unpaired) electrons. The number of carbonyl (C=O) groups excluding carboxylic acids is 3. The van der Waals surface area contributed by atoms with Gasteiger partial charge in [0.2, 0.25) is 5.91 Å². The van der Waals surface area contributed by atoms with E-state index in [2.05, 4.69) is 75.7 Å². The monoisotopic (exact) mass is 811 g/mol. The van der Waals surface area contributed by atoms with Crippen LogP contribution in [-0.2, 0) is 19.0 Å². The van der Waals surface area contributed by atoms with Crippen LogP contribution >= 0.6 is 0 Å². The number of aromatic amines is 2. The van der Waals surface area contributed by atoms with Gasteiger partial charge in [-0.3, -0.25) is 9.69 Å². The van der Waals surface area contributed by atoms with Crippen LogP contribution in [0, 0.1) is 23.7 Å². The molecule has 0 saturated carbocycles. The number of hydrogen-bond acceptors (Lipinski definition) is 8. The van der Waals surface area contributed by atoms with Crippen LogP contribution in [-0.4, -0.2) is 93.4 Å². The SMILES string of the molecule is CC#Cc1cc2[nH]c([C@@H]3CCCN3C(=O)[C@@H](NC(=O)OC)C(C)C)nc2c2ccc(-c3ccc4c(ccc5[nH]c([C@@H]6C[C@H](COC)CN6C(=O)OC(C)(C)C)nc54)c3)cc12. The van der Waals surface area contributed by atoms with Crippen molar-refractivity contribution < 1.29 is 28.6 Å². The molecule has 2 aliphatic heterocycles. The molecule has 13 nitrogen and oxygen atoms in total. The van der Waals surface area contributed by atoms with Gasteiger partial charge in [-0.15, -0.1) is 5.92 Å². The number of carbonyl (C=O) groups is 3. The second-order valence-corrected chi connectivity index (χ2v) is 17.4. The van der Waals surface area contributed by atoms with E-state index >= 15 is 0 Å². The van der Waals surface area contributed by atoms with Gasteiger partial charge in [-0.05, 0) is 93.7 Å². The van der Waals surface area contributed by atoms with Crippen molar-refractivity contribution in [3.05, 3.63) is 71.8 Å². The molecule has 2 saturated heterocycles. The van der Waals surface area contributed by atoms with E-state index in [4.69, 9.17) is 24.2 Å². The highest BCUT2D eigenvalue weighted by Crippen LogP contribution is 2.39. The minimum Gasteiger partial charge on any atom is -0.453 e. The van der Waals surface area contributed by atoms with Crippen LogP contribution in [0.2, 0.25) is 0 Å². The Bertz CT molecular complexity index is 2700. The number of benzene rings is 4. The third-order valence-corrected chi connectivity index (χ3v) is 11.7. The van der Waals surface area contributed by atoms with E-state index in [0.717, 1.165) is 85.4 Å². The summed E-state index contributed by atoms with van der Waals surface area (Å²) in [5.74, 6) is 7.76. The minimum atomic E-state index is -0.714. The first-order chi connectivity index (χ1) is 28.8. The number of H-pyrrole nitrogens is 2. The Morgan fingerprint density at radius 1 is 0.883 bits per heavy atom. The van der Waals surface area contributed by atoms with E-state index < -0.39 is 17.7 Å². The molecule has 6 aromatic rings. The van der Waals surface area contributed by atoms with Crippen LogP contribution in [0.4, 0.5) is 9.59 Å². The number of imidazole rings is 2. The number of ether oxygens (including phenoxy) is 3. The van der Waals surface area contributed by atoms with Crippen molar-refractivity contribution in [2.45, 2.75) is 84.5 Å². The van der Waals surface area contributed by atoms with Gasteiger partial charge in [-0.25, -0.2) is 19.6 Å². The van der Waals surface area contributed by atoms with Crippen molar-refractivity contribution in [1.82, 2.24) is 35.1 Å². The summed E-state index contributed by atoms with van der Waals surface area (Å²) >= 11 is 0. The van der Waals surface area contributed by atoms with E-state index in [0.29, 0.717) is 25.5 Å². The highest BCUT2D eigenvalue weighted by atomic mass is 16.6. The van der Waals surface area contributed by atoms with Crippen molar-refractivity contribution in [3.8, 4) is 23.0 Å². The maximum Gasteiger partial charge on any atom is 0.410 e. The van der Waals surface area contributed by atoms with Gasteiger partial charge in [0.1, 0.15) is 23.3 Å². The summed E-state index contributed by atoms with van der Waals surface area (Å²) in [6.07, 6.45) is 1.33. The molecule has 0 unspecified atom stereocenters. The van der Waals surface area contributed by atoms with E-state index in [-0.39, 0.29) is 35.9 Å². The molecule has 0 aliphatic carbocycles. The molecular weight excluding hydrogens is 759 g/mol. The second kappa shape index (κ2) is 16.1. The van der Waals surface area contributed by atoms with Crippen LogP contribution < -0.4 is 5.32 Å². The van der Waals surface area contributed by atoms with Gasteiger partial charge in [0, 0.05) is 47.8 Å². The number of rotatable bonds is 8. The normalized spacial score (nSPS) is 18.7. The first-order valence-corrected chi connectivity index (χ1v) is 20.7. The van der Waals surface area contributed by atoms with Gasteiger partial charge < -0.3 is 34.4 Å². The standard InChI is InChI=1S/C47H53N7O6/c1-9-11-30-23-36-41(51-42(49-36)37-12-10-19-53(37)44(55)39(26(2)3)52-45(56)59-8)33-17-14-29(22-34(30)33)28-13-16-32-31(21-28)15-18-35-40(32)50-43(48-35)38-20-27(25-58-7)24-54(38)46(57)60-47(4,5)6/h13-18,21-23,26-27,37-39H,10,12,19-20,24-25H2,1-8H3,(H,48,50)(H,49,51)(H,52,56)/t27-,37-,38-,39-/m0/s1. The molecule has 3 N–H and O–H groups in total. The molecule has 2 aliphatic rings. The van der Waals surface area contributed by atoms with Gasteiger partial charge in [-0.1, -0.05) is 50.1 Å². The molecule has 0 bridgehead atoms. The Hall–Kier alpha value is -6.13. The maximum atomic E-state index is 13.8. The Morgan fingerprint density at radius 2 is 1.58 bits per heavy atom. The number of likely N-dealkylation sites (tertiary alicyclic amines) is 2. The van der Waals surface area contributed by atoms with E-state index in [1.165, 1.54) is 7.11 Å². The van der Waals surface area contributed by atoms with Crippen molar-refractivity contribution >= 4 is 61.7 Å². The van der Waals surface area contributed by atoms with Crippen molar-refractivity contribution in [1.29, 1.82) is 0 Å². The Morgan fingerprint density at radius 3 is 2.28 bits per heavy atom. The molecule has 2 fully saturated rings. The molecule has 8 rings (SSSR count). The molecule has 60 heavy (non-hydrogen) atoms. The second-order valence-electron chi connectivity index (χ2n) is 17.4. The number of methoxy groups -OCH3 is 2. The third kappa shape index (κ3) is 7.72. The first-order valence-electron chi connectivity index (χ1n) is 20.7. The van der Waals surface area contributed by atoms with E-state index in [9.17, 15) is 14.4 Å². The lowest BCUT2D eigenvalue weighted by molar-refractivity contribution is -0.135. The van der Waals surface area contributed by atoms with Gasteiger partial charge in [-0.2, -0.15) is 0 Å². The average molecular weight is 812 g/mol. The number of fused-ring (bicyclic) bond motifs is 6. The predicted molar refractivity (Wildman–Crippen MR) is 232 cm³/mol. The Kier molecular flexibility index (Phi) is 10.9. The molecule has 4 aromatic carbocycles. The van der Waals surface area contributed by atoms with E-state index in [1.807, 2.05) is 52.5 Å². The van der Waals surface area contributed by atoms with Crippen molar-refractivity contribution in [3.63, 3.8) is 0 Å². The maximum absolute atomic E-state index is 13.8. The number of hydrogen-bond donors (Lipinski definition) is 3. The van der Waals surface area contributed by atoms with Gasteiger partial charge >= 0.3 is 12.2 Å². The molecule has 4 heterocycles. The van der Waals surface area contributed by atoms with Crippen LogP contribution in [0.5, 0.6) is 0 Å². The Labute approximate surface area is 349 Å². The van der Waals surface area contributed by atoms with Crippen molar-refractivity contribution in [2.75, 3.05) is 33.9 Å². The zero-order chi connectivity index (χ0) is 42.5. The zero-order valence-electron chi connectivity index (χ0n) is 35.6. The van der Waals surface area contributed by atoms with Gasteiger partial charge in [0.05, 0.1) is 47.9 Å². The number of alkyl carbamates (subject to hydrolysis) is 1. The summed E-state index contributed by atoms with van der Waals surface area (Å²) in [6.45, 7) is 12.9. The summed E-state index contributed by atoms with van der Waals surface area (Å²) in [5.41, 5.74) is 5.78. The first kappa shape index (κ1) is 40.6. The topological polar surface area (TPSA) is 155 Å². The van der Waals surface area contributed by atoms with Crippen LogP contribution in [0.3, 0.4) is 0 Å². The summed E-state index contributed by atoms with van der Waals surface area (Å²) in [4.78, 5) is 60.2. The van der Waals surface area contributed by atoms with Crippen molar-refractivity contribution in [2.24, 2.45) is 11.8 Å². The fourth-order valence-electron chi connectivity index (χ4n) is 8.90. The largest absolute Gasteiger partial charge is 0.453 e. The quantitative estimate of drug-likeness (QED) is 0.129. The number of amides is 3. The molecule has 2 aromatic heterocycles. The lowest BCUT2D eigenvalue weighted by Gasteiger charge is -2.29. The highest BCUT2D eigenvalue weighted by molar-refractivity contribution is 6.09. The average Bonchev–Trinajstić information content (AvgIpc) is 4.04. The molecular formula is C47H53N7O6. The van der Waals surface area contributed by atoms with Gasteiger partial charge in [0.15, 0.2) is 0 Å². The van der Waals surface area contributed by atoms with Crippen LogP contribution in [0.25, 0.3) is 54.7 Å². The summed E-state index contributed by atoms with van der Waals surface area (Å²) in [5, 5.41) is 6.74. The Balaban J connectivity index is 1.11. The molecule has 13 heteroatoms. The summed E-state index contributed by atoms with van der Waals surface area (Å²) < 4.78 is 16.1. The number of nitrogens with zero attached hydrogens (tertiary/aromatic N) is 4.